The molecular formula is C21H24N4O5. The van der Waals surface area contributed by atoms with Gasteiger partial charge in [0.1, 0.15) is 6.04 Å². The molecule has 5 amide bonds. The topological polar surface area (TPSA) is 108 Å². The Balaban J connectivity index is 1.26. The molecule has 9 nitrogen and oxygen atoms in total. The fourth-order valence-electron chi connectivity index (χ4n) is 4.95. The smallest absolute Gasteiger partial charge is 0.321 e. The first kappa shape index (κ1) is 19.0. The van der Waals surface area contributed by atoms with Crippen molar-refractivity contribution in [3.05, 3.63) is 29.3 Å². The van der Waals surface area contributed by atoms with E-state index < -0.39 is 11.9 Å². The van der Waals surface area contributed by atoms with Crippen LogP contribution in [0.1, 0.15) is 48.0 Å². The number of benzene rings is 1. The molecule has 1 aromatic carbocycles. The molecule has 4 heterocycles. The van der Waals surface area contributed by atoms with E-state index in [9.17, 15) is 19.2 Å². The van der Waals surface area contributed by atoms with Gasteiger partial charge >= 0.3 is 6.03 Å². The Morgan fingerprint density at radius 3 is 2.87 bits per heavy atom. The van der Waals surface area contributed by atoms with Crippen LogP contribution in [-0.4, -0.2) is 64.9 Å². The van der Waals surface area contributed by atoms with Gasteiger partial charge in [0.25, 0.3) is 5.91 Å². The molecule has 3 saturated heterocycles. The van der Waals surface area contributed by atoms with Crippen LogP contribution < -0.4 is 10.6 Å². The zero-order valence-corrected chi connectivity index (χ0v) is 16.6. The van der Waals surface area contributed by atoms with Gasteiger partial charge < -0.3 is 19.9 Å². The number of hydrogen-bond donors (Lipinski definition) is 2. The van der Waals surface area contributed by atoms with Gasteiger partial charge in [0, 0.05) is 37.4 Å². The van der Waals surface area contributed by atoms with E-state index in [0.29, 0.717) is 30.8 Å². The maximum atomic E-state index is 12.8. The highest BCUT2D eigenvalue weighted by molar-refractivity contribution is 6.05. The normalized spacial score (nSPS) is 28.3. The van der Waals surface area contributed by atoms with Crippen LogP contribution in [0.4, 0.5) is 10.5 Å². The van der Waals surface area contributed by atoms with Crippen LogP contribution >= 0.6 is 0 Å². The number of carbonyl (C=O) groups excluding carboxylic acids is 4. The molecule has 0 aliphatic carbocycles. The molecule has 158 valence electrons. The molecule has 2 N–H and O–H groups in total. The van der Waals surface area contributed by atoms with E-state index in [1.54, 1.807) is 23.1 Å². The average molecular weight is 412 g/mol. The van der Waals surface area contributed by atoms with E-state index in [1.807, 2.05) is 0 Å². The summed E-state index contributed by atoms with van der Waals surface area (Å²) in [5, 5.41) is 5.22. The van der Waals surface area contributed by atoms with E-state index in [4.69, 9.17) is 4.74 Å². The summed E-state index contributed by atoms with van der Waals surface area (Å²) in [6.07, 6.45) is 3.44. The highest BCUT2D eigenvalue weighted by atomic mass is 16.5. The van der Waals surface area contributed by atoms with Crippen LogP contribution in [0.2, 0.25) is 0 Å². The first-order valence-electron chi connectivity index (χ1n) is 10.4. The number of nitrogens with zero attached hydrogens (tertiary/aromatic N) is 2. The number of anilines is 1. The summed E-state index contributed by atoms with van der Waals surface area (Å²) >= 11 is 0. The van der Waals surface area contributed by atoms with E-state index in [-0.39, 0.29) is 36.4 Å². The number of piperidine rings is 1. The number of urea groups is 1. The fraction of sp³-hybridized carbons (Fsp3) is 0.524. The number of ether oxygens (including phenoxy) is 1. The molecule has 3 fully saturated rings. The summed E-state index contributed by atoms with van der Waals surface area (Å²) in [5.74, 6) is -0.965. The molecule has 30 heavy (non-hydrogen) atoms. The summed E-state index contributed by atoms with van der Waals surface area (Å²) in [5.41, 5.74) is 1.73. The molecule has 9 heteroatoms. The van der Waals surface area contributed by atoms with E-state index >= 15 is 0 Å². The van der Waals surface area contributed by atoms with Gasteiger partial charge in [0.2, 0.25) is 11.8 Å². The lowest BCUT2D eigenvalue weighted by Gasteiger charge is -2.29. The molecule has 2 atom stereocenters. The zero-order chi connectivity index (χ0) is 20.9. The Hall–Kier alpha value is -2.94. The van der Waals surface area contributed by atoms with Crippen LogP contribution in [-0.2, 0) is 20.9 Å². The Morgan fingerprint density at radius 1 is 1.23 bits per heavy atom. The minimum Gasteiger partial charge on any atom is -0.373 e. The summed E-state index contributed by atoms with van der Waals surface area (Å²) in [4.78, 5) is 52.3. The first-order chi connectivity index (χ1) is 14.4. The van der Waals surface area contributed by atoms with Crippen LogP contribution in [0.5, 0.6) is 0 Å². The number of amides is 5. The predicted octanol–water partition coefficient (Wildman–Crippen LogP) is 1.23. The molecule has 1 aromatic rings. The Bertz CT molecular complexity index is 939. The van der Waals surface area contributed by atoms with Gasteiger partial charge in [-0.2, -0.15) is 0 Å². The van der Waals surface area contributed by atoms with Crippen LogP contribution in [0, 0.1) is 0 Å². The van der Waals surface area contributed by atoms with Crippen molar-refractivity contribution in [3.63, 3.8) is 0 Å². The zero-order valence-electron chi connectivity index (χ0n) is 16.6. The van der Waals surface area contributed by atoms with Crippen molar-refractivity contribution >= 4 is 29.4 Å². The second-order valence-corrected chi connectivity index (χ2v) is 8.51. The Morgan fingerprint density at radius 2 is 2.10 bits per heavy atom. The minimum absolute atomic E-state index is 0.173. The molecule has 2 unspecified atom stereocenters. The maximum Gasteiger partial charge on any atom is 0.321 e. The minimum atomic E-state index is -0.646. The second-order valence-electron chi connectivity index (χ2n) is 8.51. The third-order valence-electron chi connectivity index (χ3n) is 6.56. The maximum absolute atomic E-state index is 12.8. The summed E-state index contributed by atoms with van der Waals surface area (Å²) < 4.78 is 5.87. The lowest BCUT2D eigenvalue weighted by Crippen LogP contribution is -2.52. The van der Waals surface area contributed by atoms with Gasteiger partial charge in [-0.25, -0.2) is 4.79 Å². The summed E-state index contributed by atoms with van der Waals surface area (Å²) in [6, 6.07) is 4.36. The van der Waals surface area contributed by atoms with Crippen molar-refractivity contribution in [1.29, 1.82) is 0 Å². The number of nitrogens with one attached hydrogen (secondary N) is 2. The van der Waals surface area contributed by atoms with Gasteiger partial charge in [-0.1, -0.05) is 0 Å². The lowest BCUT2D eigenvalue weighted by atomic mass is 10.00. The van der Waals surface area contributed by atoms with Crippen LogP contribution in [0.25, 0.3) is 0 Å². The third-order valence-corrected chi connectivity index (χ3v) is 6.56. The molecule has 0 aromatic heterocycles. The third kappa shape index (κ3) is 3.23. The highest BCUT2D eigenvalue weighted by Gasteiger charge is 2.43. The van der Waals surface area contributed by atoms with Crippen molar-refractivity contribution in [2.75, 3.05) is 25.0 Å². The lowest BCUT2D eigenvalue weighted by molar-refractivity contribution is -0.136. The molecule has 5 rings (SSSR count). The quantitative estimate of drug-likeness (QED) is 0.711. The van der Waals surface area contributed by atoms with Gasteiger partial charge in [-0.3, -0.25) is 19.7 Å². The van der Waals surface area contributed by atoms with E-state index in [0.717, 1.165) is 31.4 Å². The second kappa shape index (κ2) is 7.09. The molecule has 4 aliphatic heterocycles. The summed E-state index contributed by atoms with van der Waals surface area (Å²) in [7, 11) is 0. The van der Waals surface area contributed by atoms with Crippen LogP contribution in [0.15, 0.2) is 18.2 Å². The number of hydrogen-bond acceptors (Lipinski definition) is 5. The number of rotatable bonds is 2. The van der Waals surface area contributed by atoms with E-state index in [1.165, 1.54) is 4.90 Å². The highest BCUT2D eigenvalue weighted by Crippen LogP contribution is 2.35. The molecule has 1 spiro atoms. The van der Waals surface area contributed by atoms with Crippen molar-refractivity contribution < 1.29 is 23.9 Å². The molecular weight excluding hydrogens is 388 g/mol. The first-order valence-corrected chi connectivity index (χ1v) is 10.4. The fourth-order valence-corrected chi connectivity index (χ4v) is 4.95. The SMILES string of the molecule is O=C1CCC(N2Cc3cc(NC(=O)N4CCC5(CCCO5)C4)ccc3C2=O)C(=O)N1. The molecule has 4 aliphatic rings. The van der Waals surface area contributed by atoms with Gasteiger partial charge in [0.15, 0.2) is 0 Å². The standard InChI is InChI=1S/C21H24N4O5/c26-17-5-4-16(18(27)23-17)25-11-13-10-14(2-3-15(13)19(25)28)22-20(29)24-8-7-21(12-24)6-1-9-30-21/h2-3,10,16H,1,4-9,11-12H2,(H,22,29)(H,23,26,27). The van der Waals surface area contributed by atoms with Gasteiger partial charge in [0.05, 0.1) is 12.1 Å². The monoisotopic (exact) mass is 412 g/mol. The van der Waals surface area contributed by atoms with Crippen LogP contribution in [0.3, 0.4) is 0 Å². The predicted molar refractivity (Wildman–Crippen MR) is 106 cm³/mol. The number of likely N-dealkylation sites (tertiary alicyclic amines) is 1. The molecule has 0 radical (unpaired) electrons. The number of imide groups is 1. The van der Waals surface area contributed by atoms with Crippen molar-refractivity contribution in [2.24, 2.45) is 0 Å². The van der Waals surface area contributed by atoms with E-state index in [2.05, 4.69) is 10.6 Å². The molecule has 0 bridgehead atoms. The largest absolute Gasteiger partial charge is 0.373 e. The average Bonchev–Trinajstić information content (AvgIpc) is 3.43. The van der Waals surface area contributed by atoms with Crippen molar-refractivity contribution in [3.8, 4) is 0 Å². The van der Waals surface area contributed by atoms with Gasteiger partial charge in [-0.05, 0) is 49.4 Å². The number of fused-ring (bicyclic) bond motifs is 1. The summed E-state index contributed by atoms with van der Waals surface area (Å²) in [6.45, 7) is 2.31. The van der Waals surface area contributed by atoms with Crippen molar-refractivity contribution in [2.45, 2.75) is 50.3 Å². The molecule has 0 saturated carbocycles. The van der Waals surface area contributed by atoms with Crippen molar-refractivity contribution in [1.82, 2.24) is 15.1 Å². The Labute approximate surface area is 173 Å². The number of carbonyl (C=O) groups is 4. The van der Waals surface area contributed by atoms with Gasteiger partial charge in [-0.15, -0.1) is 0 Å². The Kier molecular flexibility index (Phi) is 4.50.